The van der Waals surface area contributed by atoms with Crippen molar-refractivity contribution in [2.24, 2.45) is 10.2 Å². The summed E-state index contributed by atoms with van der Waals surface area (Å²) in [6.45, 7) is 0. The normalized spacial score (nSPS) is 11.5. The van der Waals surface area contributed by atoms with Crippen LogP contribution in [0.2, 0.25) is 0 Å². The van der Waals surface area contributed by atoms with Crippen LogP contribution < -0.4 is 0 Å². The number of nitrogens with zero attached hydrogens (tertiary/aromatic N) is 2. The summed E-state index contributed by atoms with van der Waals surface area (Å²) in [7, 11) is 0. The summed E-state index contributed by atoms with van der Waals surface area (Å²) < 4.78 is 0. The number of hydrogen-bond donors (Lipinski definition) is 0. The Bertz CT molecular complexity index is 808. The minimum absolute atomic E-state index is 0.941. The van der Waals surface area contributed by atoms with E-state index in [-0.39, 0.29) is 0 Å². The molecule has 0 N–H and O–H groups in total. The van der Waals surface area contributed by atoms with Gasteiger partial charge in [0.1, 0.15) is 11.4 Å². The first-order valence-corrected chi connectivity index (χ1v) is 10.1. The standard InChI is InChI=1S/C16H10N2S4/c1-3-13(19-7-1)15-11(5-9-21-15)17-18-12-6-10-22-16(12)14-4-2-8-20-14/h1-10H. The van der Waals surface area contributed by atoms with Crippen LogP contribution in [0, 0.1) is 0 Å². The number of azo groups is 1. The van der Waals surface area contributed by atoms with Crippen LogP contribution in [0.25, 0.3) is 19.5 Å². The van der Waals surface area contributed by atoms with Crippen molar-refractivity contribution in [2.45, 2.75) is 0 Å². The fraction of sp³-hybridized carbons (Fsp3) is 0. The highest BCUT2D eigenvalue weighted by molar-refractivity contribution is 7.21. The van der Waals surface area contributed by atoms with E-state index in [0.717, 1.165) is 11.4 Å². The molecule has 0 saturated heterocycles. The average molecular weight is 359 g/mol. The maximum atomic E-state index is 4.49. The van der Waals surface area contributed by atoms with E-state index in [2.05, 4.69) is 56.0 Å². The molecule has 0 atom stereocenters. The van der Waals surface area contributed by atoms with E-state index in [1.807, 2.05) is 12.1 Å². The summed E-state index contributed by atoms with van der Waals surface area (Å²) in [5, 5.41) is 17.3. The summed E-state index contributed by atoms with van der Waals surface area (Å²) in [6, 6.07) is 12.4. The lowest BCUT2D eigenvalue weighted by Crippen LogP contribution is -1.65. The van der Waals surface area contributed by atoms with Gasteiger partial charge in [0.25, 0.3) is 0 Å². The number of hydrogen-bond acceptors (Lipinski definition) is 6. The van der Waals surface area contributed by atoms with E-state index in [1.54, 1.807) is 45.3 Å². The van der Waals surface area contributed by atoms with E-state index in [9.17, 15) is 0 Å². The Morgan fingerprint density at radius 3 is 1.45 bits per heavy atom. The van der Waals surface area contributed by atoms with Crippen LogP contribution in [0.5, 0.6) is 0 Å². The Balaban J connectivity index is 1.67. The van der Waals surface area contributed by atoms with Crippen molar-refractivity contribution in [3.05, 3.63) is 57.9 Å². The molecule has 0 saturated carbocycles. The Morgan fingerprint density at radius 1 is 0.545 bits per heavy atom. The monoisotopic (exact) mass is 358 g/mol. The van der Waals surface area contributed by atoms with Gasteiger partial charge in [-0.1, -0.05) is 12.1 Å². The van der Waals surface area contributed by atoms with Crippen LogP contribution in [-0.4, -0.2) is 0 Å². The predicted molar refractivity (Wildman–Crippen MR) is 99.4 cm³/mol. The fourth-order valence-corrected chi connectivity index (χ4v) is 5.47. The number of rotatable bonds is 4. The zero-order valence-electron chi connectivity index (χ0n) is 11.3. The van der Waals surface area contributed by atoms with Crippen LogP contribution in [0.1, 0.15) is 0 Å². The second kappa shape index (κ2) is 6.26. The molecule has 0 aromatic carbocycles. The quantitative estimate of drug-likeness (QED) is 0.334. The molecule has 4 aromatic heterocycles. The van der Waals surface area contributed by atoms with Crippen molar-refractivity contribution in [2.75, 3.05) is 0 Å². The third-order valence-electron chi connectivity index (χ3n) is 3.04. The van der Waals surface area contributed by atoms with Gasteiger partial charge in [-0.3, -0.25) is 0 Å². The molecule has 6 heteroatoms. The molecule has 0 radical (unpaired) electrons. The van der Waals surface area contributed by atoms with Crippen LogP contribution in [-0.2, 0) is 0 Å². The second-order valence-corrected chi connectivity index (χ2v) is 8.15. The topological polar surface area (TPSA) is 24.7 Å². The Kier molecular flexibility index (Phi) is 3.99. The van der Waals surface area contributed by atoms with Gasteiger partial charge in [0, 0.05) is 9.75 Å². The summed E-state index contributed by atoms with van der Waals surface area (Å²) >= 11 is 6.88. The lowest BCUT2D eigenvalue weighted by atomic mass is 10.3. The third-order valence-corrected chi connectivity index (χ3v) is 6.95. The molecule has 4 heterocycles. The molecule has 0 fully saturated rings. The van der Waals surface area contributed by atoms with E-state index in [1.165, 1.54) is 19.5 Å². The van der Waals surface area contributed by atoms with Crippen LogP contribution >= 0.6 is 45.3 Å². The maximum Gasteiger partial charge on any atom is 0.105 e. The third kappa shape index (κ3) is 2.70. The molecular formula is C16H10N2S4. The van der Waals surface area contributed by atoms with Gasteiger partial charge in [0.2, 0.25) is 0 Å². The Hall–Kier alpha value is -1.60. The van der Waals surface area contributed by atoms with Crippen molar-refractivity contribution in [3.63, 3.8) is 0 Å². The number of thiophene rings is 4. The van der Waals surface area contributed by atoms with E-state index < -0.39 is 0 Å². The molecule has 4 aromatic rings. The second-order valence-electron chi connectivity index (χ2n) is 4.42. The average Bonchev–Trinajstić information content (AvgIpc) is 3.32. The van der Waals surface area contributed by atoms with Gasteiger partial charge in [-0.15, -0.1) is 55.6 Å². The van der Waals surface area contributed by atoms with E-state index in [0.29, 0.717) is 0 Å². The molecule has 22 heavy (non-hydrogen) atoms. The first-order chi connectivity index (χ1) is 10.9. The highest BCUT2D eigenvalue weighted by Gasteiger charge is 2.10. The van der Waals surface area contributed by atoms with Crippen molar-refractivity contribution in [1.29, 1.82) is 0 Å². The smallest absolute Gasteiger partial charge is 0.105 e. The van der Waals surface area contributed by atoms with Gasteiger partial charge >= 0.3 is 0 Å². The van der Waals surface area contributed by atoms with Gasteiger partial charge in [-0.2, -0.15) is 0 Å². The molecule has 0 unspecified atom stereocenters. The Labute approximate surface area is 144 Å². The predicted octanol–water partition coefficient (Wildman–Crippen LogP) is 7.68. The van der Waals surface area contributed by atoms with Crippen LogP contribution in [0.15, 0.2) is 68.1 Å². The minimum atomic E-state index is 0.941. The Morgan fingerprint density at radius 2 is 1.05 bits per heavy atom. The zero-order chi connectivity index (χ0) is 14.8. The van der Waals surface area contributed by atoms with E-state index in [4.69, 9.17) is 0 Å². The summed E-state index contributed by atoms with van der Waals surface area (Å²) in [5.74, 6) is 0. The fourth-order valence-electron chi connectivity index (χ4n) is 2.05. The highest BCUT2D eigenvalue weighted by atomic mass is 32.1. The molecule has 0 amide bonds. The highest BCUT2D eigenvalue weighted by Crippen LogP contribution is 2.41. The molecular weight excluding hydrogens is 348 g/mol. The van der Waals surface area contributed by atoms with E-state index >= 15 is 0 Å². The first kappa shape index (κ1) is 14.0. The minimum Gasteiger partial charge on any atom is -0.149 e. The lowest BCUT2D eigenvalue weighted by molar-refractivity contribution is 1.25. The first-order valence-electron chi connectivity index (χ1n) is 6.56. The molecule has 0 aliphatic heterocycles. The van der Waals surface area contributed by atoms with Crippen LogP contribution in [0.3, 0.4) is 0 Å². The molecule has 0 spiro atoms. The maximum absolute atomic E-state index is 4.49. The molecule has 2 nitrogen and oxygen atoms in total. The molecule has 4 rings (SSSR count). The van der Waals surface area contributed by atoms with Crippen molar-refractivity contribution in [1.82, 2.24) is 0 Å². The van der Waals surface area contributed by atoms with Gasteiger partial charge in [-0.05, 0) is 45.8 Å². The van der Waals surface area contributed by atoms with Crippen molar-refractivity contribution < 1.29 is 0 Å². The molecule has 108 valence electrons. The van der Waals surface area contributed by atoms with Crippen molar-refractivity contribution >= 4 is 56.7 Å². The van der Waals surface area contributed by atoms with Gasteiger partial charge in [-0.25, -0.2) is 0 Å². The lowest BCUT2D eigenvalue weighted by Gasteiger charge is -1.96. The SMILES string of the molecule is c1csc(-c2sccc2N=Nc2ccsc2-c2cccs2)c1. The van der Waals surface area contributed by atoms with Crippen molar-refractivity contribution in [3.8, 4) is 19.5 Å². The van der Waals surface area contributed by atoms with Gasteiger partial charge in [0.05, 0.1) is 9.75 Å². The summed E-state index contributed by atoms with van der Waals surface area (Å²) in [4.78, 5) is 4.86. The summed E-state index contributed by atoms with van der Waals surface area (Å²) in [5.41, 5.74) is 1.88. The zero-order valence-corrected chi connectivity index (χ0v) is 14.6. The molecule has 0 aliphatic rings. The molecule has 0 bridgehead atoms. The largest absolute Gasteiger partial charge is 0.149 e. The van der Waals surface area contributed by atoms with Gasteiger partial charge < -0.3 is 0 Å². The summed E-state index contributed by atoms with van der Waals surface area (Å²) in [6.07, 6.45) is 0. The van der Waals surface area contributed by atoms with Gasteiger partial charge in [0.15, 0.2) is 0 Å². The van der Waals surface area contributed by atoms with Crippen LogP contribution in [0.4, 0.5) is 11.4 Å². The molecule has 0 aliphatic carbocycles.